The summed E-state index contributed by atoms with van der Waals surface area (Å²) in [5.74, 6) is 0.338. The van der Waals surface area contributed by atoms with E-state index in [1.165, 1.54) is 0 Å². The highest BCUT2D eigenvalue weighted by atomic mass is 35.5. The normalized spacial score (nSPS) is 23.4. The smallest absolute Gasteiger partial charge is 0.208 e. The summed E-state index contributed by atoms with van der Waals surface area (Å²) in [6, 6.07) is 0.213. The average Bonchev–Trinajstić information content (AvgIpc) is 2.27. The van der Waals surface area contributed by atoms with Crippen LogP contribution in [-0.2, 0) is 9.47 Å². The molecule has 1 atom stereocenters. The Bertz CT molecular complexity index is 314. The van der Waals surface area contributed by atoms with Crippen LogP contribution in [0.25, 0.3) is 0 Å². The summed E-state index contributed by atoms with van der Waals surface area (Å²) >= 11 is 5.72. The van der Waals surface area contributed by atoms with Gasteiger partial charge in [0.05, 0.1) is 19.8 Å². The number of rotatable bonds is 4. The molecular weight excluding hydrogens is 242 g/mol. The maximum absolute atomic E-state index is 5.89. The summed E-state index contributed by atoms with van der Waals surface area (Å²) in [6.07, 6.45) is 1.62. The van der Waals surface area contributed by atoms with Crippen LogP contribution in [0, 0.1) is 0 Å². The molecule has 0 amide bonds. The molecule has 0 aliphatic carbocycles. The molecule has 1 saturated heterocycles. The van der Waals surface area contributed by atoms with Gasteiger partial charge >= 0.3 is 0 Å². The number of hydrogen-bond acceptors (Lipinski definition) is 5. The summed E-state index contributed by atoms with van der Waals surface area (Å²) < 4.78 is 10.7. The highest BCUT2D eigenvalue weighted by Crippen LogP contribution is 2.18. The summed E-state index contributed by atoms with van der Waals surface area (Å²) in [6.45, 7) is 6.48. The van der Waals surface area contributed by atoms with Gasteiger partial charge in [-0.15, -0.1) is 0 Å². The van der Waals surface area contributed by atoms with E-state index in [1.54, 1.807) is 6.08 Å². The lowest BCUT2D eigenvalue weighted by molar-refractivity contribution is 0.0156. The standard InChI is InChI=1S/C11H20ClN3O2/c1-3-17-11(14)9(6-10(12)13)15-4-5-16-7-8(15)2/h6,8H,3-5,7,13-14H2,1-2H3/b10-6-,11-9-. The zero-order valence-electron chi connectivity index (χ0n) is 10.3. The van der Waals surface area contributed by atoms with Crippen LogP contribution in [0.4, 0.5) is 0 Å². The van der Waals surface area contributed by atoms with E-state index in [9.17, 15) is 0 Å². The molecule has 0 aromatic heterocycles. The molecule has 5 nitrogen and oxygen atoms in total. The van der Waals surface area contributed by atoms with Crippen molar-refractivity contribution in [2.75, 3.05) is 26.4 Å². The van der Waals surface area contributed by atoms with E-state index in [0.29, 0.717) is 25.7 Å². The van der Waals surface area contributed by atoms with Crippen molar-refractivity contribution in [3.8, 4) is 0 Å². The van der Waals surface area contributed by atoms with Gasteiger partial charge in [0.2, 0.25) is 5.88 Å². The van der Waals surface area contributed by atoms with Crippen molar-refractivity contribution < 1.29 is 9.47 Å². The first-order chi connectivity index (χ1) is 8.06. The SMILES string of the molecule is CCO/C(N)=C(/C=C(\N)Cl)N1CCOCC1C. The number of morpholine rings is 1. The van der Waals surface area contributed by atoms with E-state index in [-0.39, 0.29) is 11.2 Å². The van der Waals surface area contributed by atoms with Gasteiger partial charge in [0.1, 0.15) is 10.9 Å². The molecule has 0 aromatic carbocycles. The number of hydrogen-bond donors (Lipinski definition) is 2. The van der Waals surface area contributed by atoms with Crippen LogP contribution in [0.1, 0.15) is 13.8 Å². The number of nitrogens with zero attached hydrogens (tertiary/aromatic N) is 1. The Labute approximate surface area is 107 Å². The van der Waals surface area contributed by atoms with E-state index in [2.05, 4.69) is 11.8 Å². The van der Waals surface area contributed by atoms with E-state index in [1.807, 2.05) is 6.92 Å². The minimum Gasteiger partial charge on any atom is -0.478 e. The molecule has 1 aliphatic rings. The van der Waals surface area contributed by atoms with Crippen molar-refractivity contribution in [2.24, 2.45) is 11.5 Å². The van der Waals surface area contributed by atoms with Gasteiger partial charge in [-0.2, -0.15) is 0 Å². The molecule has 0 bridgehead atoms. The second-order valence-corrected chi connectivity index (χ2v) is 4.27. The van der Waals surface area contributed by atoms with Crippen molar-refractivity contribution in [2.45, 2.75) is 19.9 Å². The largest absolute Gasteiger partial charge is 0.478 e. The fourth-order valence-electron chi connectivity index (χ4n) is 1.74. The van der Waals surface area contributed by atoms with Gasteiger partial charge in [-0.05, 0) is 13.8 Å². The van der Waals surface area contributed by atoms with Crippen molar-refractivity contribution in [3.05, 3.63) is 22.8 Å². The van der Waals surface area contributed by atoms with Crippen LogP contribution in [0.15, 0.2) is 22.8 Å². The molecule has 0 spiro atoms. The van der Waals surface area contributed by atoms with E-state index in [0.717, 1.165) is 12.2 Å². The topological polar surface area (TPSA) is 73.7 Å². The second kappa shape index (κ2) is 6.61. The first kappa shape index (κ1) is 14.0. The first-order valence-electron chi connectivity index (χ1n) is 5.65. The summed E-state index contributed by atoms with van der Waals surface area (Å²) in [5.41, 5.74) is 12.1. The number of halogens is 1. The van der Waals surface area contributed by atoms with Crippen LogP contribution in [0.5, 0.6) is 0 Å². The maximum Gasteiger partial charge on any atom is 0.208 e. The van der Waals surface area contributed by atoms with Crippen molar-refractivity contribution in [3.63, 3.8) is 0 Å². The molecule has 4 N–H and O–H groups in total. The van der Waals surface area contributed by atoms with Gasteiger partial charge in [0, 0.05) is 18.7 Å². The summed E-state index contributed by atoms with van der Waals surface area (Å²) in [7, 11) is 0. The molecule has 6 heteroatoms. The quantitative estimate of drug-likeness (QED) is 0.447. The molecular formula is C11H20ClN3O2. The molecule has 0 saturated carbocycles. The zero-order chi connectivity index (χ0) is 12.8. The fraction of sp³-hybridized carbons (Fsp3) is 0.636. The molecule has 1 rings (SSSR count). The number of allylic oxidation sites excluding steroid dienone is 1. The van der Waals surface area contributed by atoms with Gasteiger partial charge in [0.15, 0.2) is 0 Å². The van der Waals surface area contributed by atoms with Crippen LogP contribution in [0.2, 0.25) is 0 Å². The van der Waals surface area contributed by atoms with Crippen LogP contribution in [-0.4, -0.2) is 37.3 Å². The Morgan fingerprint density at radius 2 is 2.29 bits per heavy atom. The predicted molar refractivity (Wildman–Crippen MR) is 67.9 cm³/mol. The molecule has 1 unspecified atom stereocenters. The van der Waals surface area contributed by atoms with Crippen LogP contribution < -0.4 is 11.5 Å². The van der Waals surface area contributed by atoms with E-state index < -0.39 is 0 Å². The summed E-state index contributed by atoms with van der Waals surface area (Å²) in [4.78, 5) is 2.09. The average molecular weight is 262 g/mol. The molecule has 0 radical (unpaired) electrons. The Kier molecular flexibility index (Phi) is 5.44. The lowest BCUT2D eigenvalue weighted by Gasteiger charge is -2.36. The third-order valence-electron chi connectivity index (χ3n) is 2.50. The third-order valence-corrected chi connectivity index (χ3v) is 2.61. The summed E-state index contributed by atoms with van der Waals surface area (Å²) in [5, 5.41) is 0.182. The van der Waals surface area contributed by atoms with E-state index in [4.69, 9.17) is 32.5 Å². The highest BCUT2D eigenvalue weighted by molar-refractivity contribution is 6.29. The lowest BCUT2D eigenvalue weighted by Crippen LogP contribution is -2.43. The molecule has 1 fully saturated rings. The first-order valence-corrected chi connectivity index (χ1v) is 6.03. The fourth-order valence-corrected chi connectivity index (χ4v) is 1.84. The number of nitrogens with two attached hydrogens (primary N) is 2. The Morgan fingerprint density at radius 1 is 1.59 bits per heavy atom. The highest BCUT2D eigenvalue weighted by Gasteiger charge is 2.22. The molecule has 1 heterocycles. The Hall–Kier alpha value is -1.07. The lowest BCUT2D eigenvalue weighted by atomic mass is 10.2. The molecule has 17 heavy (non-hydrogen) atoms. The monoisotopic (exact) mass is 261 g/mol. The predicted octanol–water partition coefficient (Wildman–Crippen LogP) is 0.910. The van der Waals surface area contributed by atoms with Gasteiger partial charge in [-0.25, -0.2) is 0 Å². The Balaban J connectivity index is 2.96. The second-order valence-electron chi connectivity index (χ2n) is 3.83. The van der Waals surface area contributed by atoms with Gasteiger partial charge < -0.3 is 25.8 Å². The zero-order valence-corrected chi connectivity index (χ0v) is 11.0. The van der Waals surface area contributed by atoms with Crippen molar-refractivity contribution in [1.82, 2.24) is 4.90 Å². The third kappa shape index (κ3) is 4.02. The van der Waals surface area contributed by atoms with Gasteiger partial charge in [0.25, 0.3) is 0 Å². The minimum absolute atomic E-state index is 0.182. The molecule has 1 aliphatic heterocycles. The van der Waals surface area contributed by atoms with Crippen LogP contribution in [0.3, 0.4) is 0 Å². The van der Waals surface area contributed by atoms with Gasteiger partial charge in [-0.1, -0.05) is 11.6 Å². The molecule has 98 valence electrons. The van der Waals surface area contributed by atoms with Crippen LogP contribution >= 0.6 is 11.6 Å². The maximum atomic E-state index is 5.89. The van der Waals surface area contributed by atoms with E-state index >= 15 is 0 Å². The van der Waals surface area contributed by atoms with Crippen molar-refractivity contribution >= 4 is 11.6 Å². The number of ether oxygens (including phenoxy) is 2. The van der Waals surface area contributed by atoms with Gasteiger partial charge in [-0.3, -0.25) is 0 Å². The minimum atomic E-state index is 0.182. The Morgan fingerprint density at radius 3 is 2.82 bits per heavy atom. The van der Waals surface area contributed by atoms with Crippen molar-refractivity contribution in [1.29, 1.82) is 0 Å². The molecule has 0 aromatic rings.